The van der Waals surface area contributed by atoms with Gasteiger partial charge in [-0.2, -0.15) is 0 Å². The van der Waals surface area contributed by atoms with E-state index in [1.807, 2.05) is 89.3 Å². The van der Waals surface area contributed by atoms with Crippen molar-refractivity contribution in [2.45, 2.75) is 99.7 Å². The number of nitrogens with zero attached hydrogens (tertiary/aromatic N) is 3. The van der Waals surface area contributed by atoms with Gasteiger partial charge in [-0.15, -0.1) is 59.7 Å². The molecule has 1 fully saturated rings. The Morgan fingerprint density at radius 3 is 2.16 bits per heavy atom. The first-order chi connectivity index (χ1) is 27.4. The van der Waals surface area contributed by atoms with Crippen molar-refractivity contribution in [1.82, 2.24) is 15.0 Å². The number of hydrogen-bond donors (Lipinski definition) is 0. The van der Waals surface area contributed by atoms with Crippen molar-refractivity contribution in [3.05, 3.63) is 131 Å². The molecule has 0 spiro atoms. The molecule has 1 aliphatic carbocycles. The Hall–Kier alpha value is -4.29. The molecule has 57 heavy (non-hydrogen) atoms. The summed E-state index contributed by atoms with van der Waals surface area (Å²) < 4.78 is 37.4. The first-order valence-electron chi connectivity index (χ1n) is 20.9. The van der Waals surface area contributed by atoms with E-state index in [4.69, 9.17) is 17.1 Å². The molecule has 4 nitrogen and oxygen atoms in total. The molecule has 1 aliphatic rings. The molecular weight excluding hydrogens is 898 g/mol. The van der Waals surface area contributed by atoms with Crippen LogP contribution < -0.4 is 5.19 Å². The Morgan fingerprint density at radius 2 is 1.51 bits per heavy atom. The maximum Gasteiger partial charge on any atom is 0.216 e. The topological polar surface area (TPSA) is 51.8 Å². The standard InChI is InChI=1S/C31H28FN2O.C19H26NSi.Ir/c1-18-14-28(33-17-23(18)15-21-6-4-5-7-21)22-8-11-29-26(16-22)25-9-10-27(34-31(25)35-29)30-19(2)12-24(32)13-20(30)3;1-19(2,3)13-16-12-17(15-10-8-7-9-11-15)20-14-18(16)21(4,5)6;/h9-14,16-17,21H,4-7,15H2,1-3H3;7-10,12,14H,13H2,1-6H3;/q2*-1;/i;13D2;. The van der Waals surface area contributed by atoms with Gasteiger partial charge < -0.3 is 14.4 Å². The fraction of sp³-hybridized carbons (Fsp3) is 0.340. The molecule has 7 heteroatoms. The molecular formula is C50H54FIrN3OSi-2. The van der Waals surface area contributed by atoms with E-state index >= 15 is 0 Å². The van der Waals surface area contributed by atoms with Gasteiger partial charge in [0.25, 0.3) is 0 Å². The predicted molar refractivity (Wildman–Crippen MR) is 233 cm³/mol. The minimum Gasteiger partial charge on any atom is -0.486 e. The number of rotatable bonds is 7. The summed E-state index contributed by atoms with van der Waals surface area (Å²) in [6.45, 7) is 18.6. The van der Waals surface area contributed by atoms with Crippen LogP contribution in [0.5, 0.6) is 0 Å². The van der Waals surface area contributed by atoms with E-state index in [0.29, 0.717) is 5.71 Å². The fourth-order valence-electron chi connectivity index (χ4n) is 7.93. The molecule has 7 aromatic rings. The van der Waals surface area contributed by atoms with Crippen molar-refractivity contribution < 1.29 is 31.7 Å². The molecule has 1 radical (unpaired) electrons. The molecule has 1 saturated carbocycles. The van der Waals surface area contributed by atoms with E-state index in [9.17, 15) is 4.39 Å². The van der Waals surface area contributed by atoms with Crippen LogP contribution in [0.3, 0.4) is 0 Å². The third-order valence-electron chi connectivity index (χ3n) is 10.7. The van der Waals surface area contributed by atoms with Crippen molar-refractivity contribution in [2.75, 3.05) is 0 Å². The van der Waals surface area contributed by atoms with Crippen LogP contribution in [0.25, 0.3) is 55.8 Å². The third kappa shape index (κ3) is 9.88. The Balaban J connectivity index is 0.000000213. The van der Waals surface area contributed by atoms with Crippen molar-refractivity contribution in [2.24, 2.45) is 11.3 Å². The monoisotopic (exact) mass is 954 g/mol. The molecule has 0 N–H and O–H groups in total. The van der Waals surface area contributed by atoms with Gasteiger partial charge in [0.1, 0.15) is 5.82 Å². The number of pyridine rings is 3. The van der Waals surface area contributed by atoms with Crippen LogP contribution in [0.2, 0.25) is 19.6 Å². The van der Waals surface area contributed by atoms with E-state index in [1.54, 1.807) is 12.1 Å². The normalized spacial score (nSPS) is 14.2. The van der Waals surface area contributed by atoms with Crippen LogP contribution >= 0.6 is 0 Å². The average molecular weight is 954 g/mol. The molecule has 0 atom stereocenters. The number of furan rings is 1. The Bertz CT molecular complexity index is 2580. The first-order valence-corrected chi connectivity index (χ1v) is 23.4. The van der Waals surface area contributed by atoms with Crippen molar-refractivity contribution >= 4 is 35.3 Å². The maximum absolute atomic E-state index is 13.8. The largest absolute Gasteiger partial charge is 0.486 e. The summed E-state index contributed by atoms with van der Waals surface area (Å²) in [7, 11) is -1.70. The van der Waals surface area contributed by atoms with Crippen LogP contribution in [0.1, 0.15) is 77.0 Å². The second kappa shape index (κ2) is 17.3. The zero-order valence-electron chi connectivity index (χ0n) is 36.7. The van der Waals surface area contributed by atoms with Crippen molar-refractivity contribution in [3.8, 4) is 33.8 Å². The average Bonchev–Trinajstić information content (AvgIpc) is 3.82. The molecule has 0 bridgehead atoms. The van der Waals surface area contributed by atoms with Gasteiger partial charge in [0.2, 0.25) is 5.71 Å². The fourth-order valence-corrected chi connectivity index (χ4v) is 9.33. The SMILES string of the molecule is Cc1cc(-c2[c-]cc3oc4nc(-c5c(C)cc(F)cc5C)ccc4c3c2)ncc1CC1CCCC1.[2H]C([2H])(c1cc(-c2[c-]cccc2)ncc1[Si](C)(C)C)C(C)(C)C.[Ir]. The minimum absolute atomic E-state index is 0. The summed E-state index contributed by atoms with van der Waals surface area (Å²) in [5.41, 5.74) is 11.3. The number of hydrogen-bond acceptors (Lipinski definition) is 4. The molecule has 0 saturated heterocycles. The molecule has 0 aliphatic heterocycles. The van der Waals surface area contributed by atoms with Crippen LogP contribution in [0.4, 0.5) is 4.39 Å². The van der Waals surface area contributed by atoms with Gasteiger partial charge in [-0.3, -0.25) is 0 Å². The van der Waals surface area contributed by atoms with Gasteiger partial charge in [-0.1, -0.05) is 94.7 Å². The number of halogens is 1. The quantitative estimate of drug-likeness (QED) is 0.118. The summed E-state index contributed by atoms with van der Waals surface area (Å²) in [6, 6.07) is 29.5. The molecule has 4 aromatic heterocycles. The molecule has 3 aromatic carbocycles. The number of aryl methyl sites for hydroxylation is 3. The van der Waals surface area contributed by atoms with Crippen LogP contribution in [-0.2, 0) is 32.9 Å². The first kappa shape index (κ1) is 39.5. The summed E-state index contributed by atoms with van der Waals surface area (Å²) in [5.74, 6) is 0.577. The number of benzene rings is 3. The summed E-state index contributed by atoms with van der Waals surface area (Å²) >= 11 is 0. The molecule has 4 heterocycles. The van der Waals surface area contributed by atoms with Gasteiger partial charge in [0.05, 0.1) is 19.4 Å². The van der Waals surface area contributed by atoms with E-state index in [0.717, 1.165) is 84.3 Å². The van der Waals surface area contributed by atoms with E-state index in [2.05, 4.69) is 62.0 Å². The Kier molecular flexibility index (Phi) is 12.0. The molecule has 0 unspecified atom stereocenters. The zero-order valence-corrected chi connectivity index (χ0v) is 38.1. The number of fused-ring (bicyclic) bond motifs is 3. The van der Waals surface area contributed by atoms with Gasteiger partial charge in [0, 0.05) is 46.2 Å². The molecule has 0 amide bonds. The third-order valence-corrected chi connectivity index (χ3v) is 12.7. The van der Waals surface area contributed by atoms with Gasteiger partial charge in [-0.05, 0) is 102 Å². The van der Waals surface area contributed by atoms with Crippen LogP contribution in [0.15, 0.2) is 89.6 Å². The van der Waals surface area contributed by atoms with Gasteiger partial charge in [0.15, 0.2) is 0 Å². The van der Waals surface area contributed by atoms with Crippen molar-refractivity contribution in [1.29, 1.82) is 0 Å². The van der Waals surface area contributed by atoms with Crippen LogP contribution in [-0.4, -0.2) is 23.0 Å². The van der Waals surface area contributed by atoms with E-state index in [1.165, 1.54) is 36.8 Å². The van der Waals surface area contributed by atoms with Gasteiger partial charge in [-0.25, -0.2) is 9.37 Å². The summed E-state index contributed by atoms with van der Waals surface area (Å²) in [4.78, 5) is 14.2. The van der Waals surface area contributed by atoms with Gasteiger partial charge >= 0.3 is 0 Å². The molecule has 297 valence electrons. The smallest absolute Gasteiger partial charge is 0.216 e. The van der Waals surface area contributed by atoms with Crippen LogP contribution in [0, 0.1) is 50.1 Å². The minimum atomic E-state index is -1.70. The van der Waals surface area contributed by atoms with E-state index < -0.39 is 19.9 Å². The van der Waals surface area contributed by atoms with Crippen molar-refractivity contribution in [3.63, 3.8) is 0 Å². The molecule has 8 rings (SSSR count). The number of aromatic nitrogens is 3. The summed E-state index contributed by atoms with van der Waals surface area (Å²) in [6.07, 6.45) is 9.07. The second-order valence-corrected chi connectivity index (χ2v) is 22.6. The zero-order chi connectivity index (χ0) is 41.6. The maximum atomic E-state index is 13.8. The summed E-state index contributed by atoms with van der Waals surface area (Å²) in [5, 5.41) is 3.04. The second-order valence-electron chi connectivity index (χ2n) is 17.6. The Labute approximate surface area is 356 Å². The predicted octanol–water partition coefficient (Wildman–Crippen LogP) is 13.0. The van der Waals surface area contributed by atoms with E-state index in [-0.39, 0.29) is 25.9 Å². The Morgan fingerprint density at radius 1 is 0.807 bits per heavy atom.